The van der Waals surface area contributed by atoms with Gasteiger partial charge in [-0.2, -0.15) is 0 Å². The first-order valence-electron chi connectivity index (χ1n) is 17.6. The van der Waals surface area contributed by atoms with Gasteiger partial charge in [0, 0.05) is 5.46 Å². The van der Waals surface area contributed by atoms with Gasteiger partial charge in [0.05, 0.1) is 0 Å². The van der Waals surface area contributed by atoms with Gasteiger partial charge in [-0.05, 0) is 101 Å². The van der Waals surface area contributed by atoms with Gasteiger partial charge in [-0.25, -0.2) is 0 Å². The Hall–Kier alpha value is -4.76. The summed E-state index contributed by atoms with van der Waals surface area (Å²) in [4.78, 5) is 0. The van der Waals surface area contributed by atoms with Crippen molar-refractivity contribution in [3.63, 3.8) is 0 Å². The largest absolute Gasteiger partial charge is 0.458 e. The molecule has 2 aliphatic heterocycles. The van der Waals surface area contributed by atoms with Crippen molar-refractivity contribution in [2.24, 2.45) is 0 Å². The molecule has 0 saturated carbocycles. The Kier molecular flexibility index (Phi) is 6.99. The minimum Gasteiger partial charge on any atom is -0.458 e. The van der Waals surface area contributed by atoms with Crippen LogP contribution in [0.1, 0.15) is 79.0 Å². The van der Waals surface area contributed by atoms with Crippen LogP contribution in [0.15, 0.2) is 109 Å². The minimum atomic E-state index is 0.0189. The summed E-state index contributed by atoms with van der Waals surface area (Å²) in [5.41, 5.74) is 12.3. The summed E-state index contributed by atoms with van der Waals surface area (Å²) < 4.78 is 13.7. The van der Waals surface area contributed by atoms with Crippen molar-refractivity contribution >= 4 is 33.9 Å². The molecule has 0 fully saturated rings. The van der Waals surface area contributed by atoms with Crippen molar-refractivity contribution in [2.75, 3.05) is 0 Å². The van der Waals surface area contributed by atoms with E-state index in [1.165, 1.54) is 49.5 Å². The Morgan fingerprint density at radius 3 is 1.29 bits per heavy atom. The van der Waals surface area contributed by atoms with E-state index in [2.05, 4.69) is 172 Å². The highest BCUT2D eigenvalue weighted by atomic mass is 16.5. The maximum absolute atomic E-state index is 6.83. The molecular formula is C46H45BO2. The van der Waals surface area contributed by atoms with E-state index in [-0.39, 0.29) is 23.0 Å². The van der Waals surface area contributed by atoms with Crippen LogP contribution < -0.4 is 25.9 Å². The molecule has 0 aromatic heterocycles. The third kappa shape index (κ3) is 5.35. The number of hydrogen-bond donors (Lipinski definition) is 0. The van der Waals surface area contributed by atoms with Crippen molar-refractivity contribution in [3.8, 4) is 45.3 Å². The third-order valence-electron chi connectivity index (χ3n) is 10.5. The van der Waals surface area contributed by atoms with E-state index in [9.17, 15) is 0 Å². The van der Waals surface area contributed by atoms with Gasteiger partial charge in [0.15, 0.2) is 0 Å². The van der Waals surface area contributed by atoms with E-state index >= 15 is 0 Å². The predicted octanol–water partition coefficient (Wildman–Crippen LogP) is 10.8. The fraction of sp³-hybridized carbons (Fsp3) is 0.261. The molecule has 2 nitrogen and oxygen atoms in total. The first kappa shape index (κ1) is 31.5. The standard InChI is InChI=1S/C46H45BO2/c1-44(2,3)30-16-14-28(15-17-30)33-20-21-34(36-13-11-10-12-35(33)36)29-24-41-43-42(25-29)49-40-23-19-32(46(7,8)9)27-38(40)47(43)37-26-31(45(4,5)6)18-22-39(37)48-41/h10-27H,1-9H3. The summed E-state index contributed by atoms with van der Waals surface area (Å²) in [5, 5.41) is 2.44. The highest BCUT2D eigenvalue weighted by Gasteiger charge is 2.41. The predicted molar refractivity (Wildman–Crippen MR) is 209 cm³/mol. The molecule has 0 spiro atoms. The molecule has 0 saturated heterocycles. The summed E-state index contributed by atoms with van der Waals surface area (Å²) in [5.74, 6) is 3.57. The van der Waals surface area contributed by atoms with Crippen molar-refractivity contribution in [1.29, 1.82) is 0 Å². The Morgan fingerprint density at radius 1 is 0.408 bits per heavy atom. The Balaban J connectivity index is 1.30. The Morgan fingerprint density at radius 2 is 0.837 bits per heavy atom. The third-order valence-corrected chi connectivity index (χ3v) is 10.5. The van der Waals surface area contributed by atoms with Crippen molar-refractivity contribution in [1.82, 2.24) is 0 Å². The monoisotopic (exact) mass is 640 g/mol. The van der Waals surface area contributed by atoms with Gasteiger partial charge in [-0.3, -0.25) is 0 Å². The zero-order valence-electron chi connectivity index (χ0n) is 30.3. The van der Waals surface area contributed by atoms with Crippen LogP contribution in [0.5, 0.6) is 23.0 Å². The van der Waals surface area contributed by atoms with Crippen LogP contribution in [-0.4, -0.2) is 6.71 Å². The lowest BCUT2D eigenvalue weighted by Gasteiger charge is -2.35. The molecule has 244 valence electrons. The zero-order chi connectivity index (χ0) is 34.5. The molecule has 49 heavy (non-hydrogen) atoms. The lowest BCUT2D eigenvalue weighted by Crippen LogP contribution is -2.57. The number of fused-ring (bicyclic) bond motifs is 5. The molecule has 3 heteroatoms. The van der Waals surface area contributed by atoms with Gasteiger partial charge < -0.3 is 9.47 Å². The van der Waals surface area contributed by atoms with Gasteiger partial charge in [-0.15, -0.1) is 0 Å². The number of rotatable bonds is 2. The molecule has 8 rings (SSSR count). The lowest BCUT2D eigenvalue weighted by molar-refractivity contribution is 0.464. The van der Waals surface area contributed by atoms with Crippen molar-refractivity contribution in [2.45, 2.75) is 78.6 Å². The molecule has 0 atom stereocenters. The van der Waals surface area contributed by atoms with Gasteiger partial charge >= 0.3 is 0 Å². The summed E-state index contributed by atoms with van der Waals surface area (Å²) >= 11 is 0. The van der Waals surface area contributed by atoms with E-state index in [1.54, 1.807) is 0 Å². The average molecular weight is 641 g/mol. The molecule has 0 radical (unpaired) electrons. The molecule has 0 unspecified atom stereocenters. The second-order valence-electron chi connectivity index (χ2n) is 17.1. The molecule has 6 aromatic rings. The van der Waals surface area contributed by atoms with Gasteiger partial charge in [0.2, 0.25) is 0 Å². The smallest absolute Gasteiger partial charge is 0.260 e. The van der Waals surface area contributed by atoms with Crippen LogP contribution in [0.2, 0.25) is 0 Å². The van der Waals surface area contributed by atoms with Crippen LogP contribution in [0.4, 0.5) is 0 Å². The molecule has 0 bridgehead atoms. The maximum Gasteiger partial charge on any atom is 0.260 e. The van der Waals surface area contributed by atoms with Gasteiger partial charge in [-0.1, -0.05) is 147 Å². The first-order valence-corrected chi connectivity index (χ1v) is 17.6. The molecule has 0 aliphatic carbocycles. The first-order chi connectivity index (χ1) is 23.2. The fourth-order valence-electron chi connectivity index (χ4n) is 7.54. The highest BCUT2D eigenvalue weighted by Crippen LogP contribution is 2.42. The zero-order valence-corrected chi connectivity index (χ0v) is 30.3. The van der Waals surface area contributed by atoms with Crippen molar-refractivity contribution < 1.29 is 9.47 Å². The van der Waals surface area contributed by atoms with Crippen LogP contribution >= 0.6 is 0 Å². The summed E-state index contributed by atoms with van der Waals surface area (Å²) in [6, 6.07) is 40.3. The molecule has 0 N–H and O–H groups in total. The minimum absolute atomic E-state index is 0.0189. The Bertz CT molecular complexity index is 2190. The van der Waals surface area contributed by atoms with E-state index in [0.717, 1.165) is 39.6 Å². The second kappa shape index (κ2) is 10.9. The second-order valence-corrected chi connectivity index (χ2v) is 17.1. The normalized spacial score (nSPS) is 13.7. The number of benzene rings is 6. The summed E-state index contributed by atoms with van der Waals surface area (Å²) in [6.45, 7) is 20.4. The summed E-state index contributed by atoms with van der Waals surface area (Å²) in [7, 11) is 0. The summed E-state index contributed by atoms with van der Waals surface area (Å²) in [6.07, 6.45) is 0. The fourth-order valence-corrected chi connectivity index (χ4v) is 7.54. The highest BCUT2D eigenvalue weighted by molar-refractivity contribution is 6.98. The van der Waals surface area contributed by atoms with Crippen LogP contribution in [0, 0.1) is 0 Å². The van der Waals surface area contributed by atoms with E-state index in [1.807, 2.05) is 0 Å². The van der Waals surface area contributed by atoms with Crippen molar-refractivity contribution in [3.05, 3.63) is 126 Å². The molecular weight excluding hydrogens is 595 g/mol. The quantitative estimate of drug-likeness (QED) is 0.175. The lowest BCUT2D eigenvalue weighted by atomic mass is 9.34. The van der Waals surface area contributed by atoms with E-state index in [0.29, 0.717) is 0 Å². The van der Waals surface area contributed by atoms with Crippen LogP contribution in [-0.2, 0) is 16.2 Å². The van der Waals surface area contributed by atoms with Crippen LogP contribution in [0.3, 0.4) is 0 Å². The average Bonchev–Trinajstić information content (AvgIpc) is 3.06. The maximum atomic E-state index is 6.83. The number of ether oxygens (including phenoxy) is 2. The van der Waals surface area contributed by atoms with Gasteiger partial charge in [0.25, 0.3) is 6.71 Å². The Labute approximate surface area is 292 Å². The van der Waals surface area contributed by atoms with E-state index in [4.69, 9.17) is 9.47 Å². The topological polar surface area (TPSA) is 18.5 Å². The molecule has 2 heterocycles. The van der Waals surface area contributed by atoms with Crippen LogP contribution in [0.25, 0.3) is 33.0 Å². The molecule has 2 aliphatic rings. The molecule has 6 aromatic carbocycles. The van der Waals surface area contributed by atoms with Gasteiger partial charge in [0.1, 0.15) is 23.0 Å². The molecule has 0 amide bonds. The van der Waals surface area contributed by atoms with E-state index < -0.39 is 0 Å². The SMILES string of the molecule is CC(C)(C)c1ccc(-c2ccc(-c3cc4c5c(c3)Oc3ccc(C(C)(C)C)cc3B5c3cc(C(C)(C)C)ccc3O4)c3ccccc23)cc1. The number of hydrogen-bond acceptors (Lipinski definition) is 2.